The number of hydrogen-bond acceptors (Lipinski definition) is 2. The molecule has 2 saturated carbocycles. The third-order valence-electron chi connectivity index (χ3n) is 6.55. The third-order valence-corrected chi connectivity index (χ3v) is 6.55. The van der Waals surface area contributed by atoms with E-state index < -0.39 is 0 Å². The summed E-state index contributed by atoms with van der Waals surface area (Å²) in [5, 5.41) is 9.94. The molecule has 0 aromatic carbocycles. The smallest absolute Gasteiger partial charge is 0.0630 e. The van der Waals surface area contributed by atoms with Crippen LogP contribution in [0.1, 0.15) is 116 Å². The predicted molar refractivity (Wildman–Crippen MR) is 107 cm³/mol. The van der Waals surface area contributed by atoms with Gasteiger partial charge in [0, 0.05) is 12.5 Å². The number of hydrogen-bond donors (Lipinski definition) is 1. The van der Waals surface area contributed by atoms with E-state index in [4.69, 9.17) is 4.74 Å². The average Bonchev–Trinajstić information content (AvgIpc) is 3.17. The van der Waals surface area contributed by atoms with Gasteiger partial charge in [-0.2, -0.15) is 0 Å². The molecule has 0 aromatic rings. The van der Waals surface area contributed by atoms with Gasteiger partial charge in [-0.25, -0.2) is 0 Å². The molecular formula is C23H44O2. The second-order valence-corrected chi connectivity index (χ2v) is 8.81. The second kappa shape index (κ2) is 13.1. The van der Waals surface area contributed by atoms with Crippen LogP contribution in [0.4, 0.5) is 0 Å². The van der Waals surface area contributed by atoms with Crippen LogP contribution in [0.5, 0.6) is 0 Å². The molecule has 0 heterocycles. The monoisotopic (exact) mass is 352 g/mol. The summed E-state index contributed by atoms with van der Waals surface area (Å²) in [4.78, 5) is 0. The zero-order chi connectivity index (χ0) is 17.7. The molecule has 2 aliphatic carbocycles. The SMILES string of the molecule is CCCCCCCCCCCCCCCCOC1CC2CC(O)C1C2. The molecule has 0 saturated heterocycles. The Balaban J connectivity index is 1.27. The lowest BCUT2D eigenvalue weighted by atomic mass is 9.95. The minimum Gasteiger partial charge on any atom is -0.393 e. The van der Waals surface area contributed by atoms with Crippen LogP contribution in [0.25, 0.3) is 0 Å². The van der Waals surface area contributed by atoms with Crippen molar-refractivity contribution >= 4 is 0 Å². The Morgan fingerprint density at radius 2 is 1.20 bits per heavy atom. The van der Waals surface area contributed by atoms with Crippen LogP contribution >= 0.6 is 0 Å². The highest BCUT2D eigenvalue weighted by Gasteiger charge is 2.45. The molecule has 2 nitrogen and oxygen atoms in total. The van der Waals surface area contributed by atoms with Crippen molar-refractivity contribution in [2.24, 2.45) is 11.8 Å². The summed E-state index contributed by atoms with van der Waals surface area (Å²) in [6.07, 6.45) is 23.4. The Hall–Kier alpha value is -0.0800. The molecule has 148 valence electrons. The molecule has 25 heavy (non-hydrogen) atoms. The van der Waals surface area contributed by atoms with Gasteiger partial charge in [0.2, 0.25) is 0 Å². The fraction of sp³-hybridized carbons (Fsp3) is 1.00. The number of ether oxygens (including phenoxy) is 1. The third kappa shape index (κ3) is 8.43. The summed E-state index contributed by atoms with van der Waals surface area (Å²) in [5.74, 6) is 1.21. The molecule has 0 aromatic heterocycles. The molecular weight excluding hydrogens is 308 g/mol. The van der Waals surface area contributed by atoms with Crippen molar-refractivity contribution in [2.45, 2.75) is 128 Å². The van der Waals surface area contributed by atoms with Crippen LogP contribution in [0.3, 0.4) is 0 Å². The van der Waals surface area contributed by atoms with Crippen LogP contribution in [0.2, 0.25) is 0 Å². The van der Waals surface area contributed by atoms with Crippen molar-refractivity contribution in [1.82, 2.24) is 0 Å². The molecule has 0 amide bonds. The van der Waals surface area contributed by atoms with E-state index in [-0.39, 0.29) is 6.10 Å². The van der Waals surface area contributed by atoms with Gasteiger partial charge in [0.25, 0.3) is 0 Å². The molecule has 0 spiro atoms. The zero-order valence-electron chi connectivity index (χ0n) is 16.9. The van der Waals surface area contributed by atoms with Crippen LogP contribution in [-0.4, -0.2) is 23.9 Å². The fourth-order valence-electron chi connectivity index (χ4n) is 4.97. The van der Waals surface area contributed by atoms with Crippen molar-refractivity contribution in [2.75, 3.05) is 6.61 Å². The van der Waals surface area contributed by atoms with Gasteiger partial charge in [-0.05, 0) is 31.6 Å². The van der Waals surface area contributed by atoms with E-state index in [1.807, 2.05) is 0 Å². The van der Waals surface area contributed by atoms with Crippen molar-refractivity contribution in [3.05, 3.63) is 0 Å². The zero-order valence-corrected chi connectivity index (χ0v) is 16.9. The number of unbranched alkanes of at least 4 members (excludes halogenated alkanes) is 13. The van der Waals surface area contributed by atoms with Crippen molar-refractivity contribution < 1.29 is 9.84 Å². The van der Waals surface area contributed by atoms with Gasteiger partial charge in [-0.3, -0.25) is 0 Å². The topological polar surface area (TPSA) is 29.5 Å². The summed E-state index contributed by atoms with van der Waals surface area (Å²) in [5.41, 5.74) is 0. The normalized spacial score (nSPS) is 28.1. The van der Waals surface area contributed by atoms with Gasteiger partial charge in [0.15, 0.2) is 0 Å². The summed E-state index contributed by atoms with van der Waals surface area (Å²) in [6, 6.07) is 0. The maximum absolute atomic E-state index is 9.94. The molecule has 2 heteroatoms. The van der Waals surface area contributed by atoms with Gasteiger partial charge in [-0.15, -0.1) is 0 Å². The molecule has 2 fully saturated rings. The average molecular weight is 353 g/mol. The maximum Gasteiger partial charge on any atom is 0.0630 e. The van der Waals surface area contributed by atoms with E-state index in [9.17, 15) is 5.11 Å². The Labute approximate surface area is 157 Å². The van der Waals surface area contributed by atoms with Crippen LogP contribution in [-0.2, 0) is 4.74 Å². The van der Waals surface area contributed by atoms with Gasteiger partial charge in [0.05, 0.1) is 12.2 Å². The summed E-state index contributed by atoms with van der Waals surface area (Å²) >= 11 is 0. The Bertz CT molecular complexity index is 317. The van der Waals surface area contributed by atoms with Gasteiger partial charge in [0.1, 0.15) is 0 Å². The van der Waals surface area contributed by atoms with Crippen molar-refractivity contribution in [3.63, 3.8) is 0 Å². The van der Waals surface area contributed by atoms with Gasteiger partial charge < -0.3 is 9.84 Å². The second-order valence-electron chi connectivity index (χ2n) is 8.81. The highest BCUT2D eigenvalue weighted by Crippen LogP contribution is 2.46. The molecule has 2 bridgehead atoms. The Kier molecular flexibility index (Phi) is 11.2. The van der Waals surface area contributed by atoms with Crippen LogP contribution in [0.15, 0.2) is 0 Å². The number of rotatable bonds is 16. The fourth-order valence-corrected chi connectivity index (χ4v) is 4.97. The predicted octanol–water partition coefficient (Wildman–Crippen LogP) is 6.64. The first-order valence-electron chi connectivity index (χ1n) is 11.6. The molecule has 4 atom stereocenters. The highest BCUT2D eigenvalue weighted by molar-refractivity contribution is 4.96. The quantitative estimate of drug-likeness (QED) is 0.315. The molecule has 2 rings (SSSR count). The number of aliphatic hydroxyl groups excluding tert-OH is 1. The summed E-state index contributed by atoms with van der Waals surface area (Å²) < 4.78 is 6.05. The number of aliphatic hydroxyl groups is 1. The first-order chi connectivity index (χ1) is 12.3. The van der Waals surface area contributed by atoms with Crippen molar-refractivity contribution in [1.29, 1.82) is 0 Å². The maximum atomic E-state index is 9.94. The lowest BCUT2D eigenvalue weighted by Crippen LogP contribution is -2.30. The molecule has 2 aliphatic rings. The molecule has 0 aliphatic heterocycles. The van der Waals surface area contributed by atoms with E-state index in [0.717, 1.165) is 18.9 Å². The summed E-state index contributed by atoms with van der Waals surface area (Å²) in [7, 11) is 0. The summed E-state index contributed by atoms with van der Waals surface area (Å²) in [6.45, 7) is 3.20. The minimum absolute atomic E-state index is 0.0694. The first-order valence-corrected chi connectivity index (χ1v) is 11.6. The highest BCUT2D eigenvalue weighted by atomic mass is 16.5. The van der Waals surface area contributed by atoms with Crippen LogP contribution < -0.4 is 0 Å². The largest absolute Gasteiger partial charge is 0.393 e. The molecule has 1 N–H and O–H groups in total. The molecule has 0 radical (unpaired) electrons. The Morgan fingerprint density at radius 3 is 1.68 bits per heavy atom. The van der Waals surface area contributed by atoms with E-state index in [0.29, 0.717) is 12.0 Å². The van der Waals surface area contributed by atoms with Gasteiger partial charge in [-0.1, -0.05) is 90.4 Å². The van der Waals surface area contributed by atoms with Gasteiger partial charge >= 0.3 is 0 Å². The Morgan fingerprint density at radius 1 is 0.680 bits per heavy atom. The minimum atomic E-state index is -0.0694. The van der Waals surface area contributed by atoms with E-state index in [1.54, 1.807) is 0 Å². The van der Waals surface area contributed by atoms with E-state index in [1.165, 1.54) is 103 Å². The lowest BCUT2D eigenvalue weighted by Gasteiger charge is -2.26. The lowest BCUT2D eigenvalue weighted by molar-refractivity contribution is -0.0322. The van der Waals surface area contributed by atoms with Crippen molar-refractivity contribution in [3.8, 4) is 0 Å². The standard InChI is InChI=1S/C23H44O2/c1-2-3-4-5-6-7-8-9-10-11-12-13-14-15-16-25-23-19-20-17-21(23)22(24)18-20/h20-24H,2-19H2,1H3. The number of fused-ring (bicyclic) bond motifs is 2. The van der Waals surface area contributed by atoms with E-state index >= 15 is 0 Å². The molecule has 4 unspecified atom stereocenters. The first kappa shape index (κ1) is 21.2. The van der Waals surface area contributed by atoms with Crippen LogP contribution in [0, 0.1) is 11.8 Å². The van der Waals surface area contributed by atoms with E-state index in [2.05, 4.69) is 6.92 Å².